The first-order valence-corrected chi connectivity index (χ1v) is 11.1. The van der Waals surface area contributed by atoms with Crippen LogP contribution in [0.2, 0.25) is 0 Å². The quantitative estimate of drug-likeness (QED) is 0.270. The van der Waals surface area contributed by atoms with Gasteiger partial charge in [0.2, 0.25) is 0 Å². The zero-order chi connectivity index (χ0) is 15.7. The third-order valence-corrected chi connectivity index (χ3v) is 5.69. The van der Waals surface area contributed by atoms with Crippen LogP contribution in [0, 0.1) is 17.8 Å². The Morgan fingerprint density at radius 3 is 2.00 bits per heavy atom. The summed E-state index contributed by atoms with van der Waals surface area (Å²) < 4.78 is 0. The highest BCUT2D eigenvalue weighted by Crippen LogP contribution is 2.22. The SMILES string of the molecule is CCSCCCCCCCCCCCC#CC1CCCCC1. The van der Waals surface area contributed by atoms with E-state index in [0.717, 1.165) is 12.3 Å². The Morgan fingerprint density at radius 2 is 1.36 bits per heavy atom. The first-order valence-electron chi connectivity index (χ1n) is 9.99. The number of thioether (sulfide) groups is 1. The van der Waals surface area contributed by atoms with Gasteiger partial charge in [0.1, 0.15) is 0 Å². The fraction of sp³-hybridized carbons (Fsp3) is 0.905. The van der Waals surface area contributed by atoms with Gasteiger partial charge in [-0.05, 0) is 37.2 Å². The molecule has 22 heavy (non-hydrogen) atoms. The summed E-state index contributed by atoms with van der Waals surface area (Å²) in [6.07, 6.45) is 21.0. The van der Waals surface area contributed by atoms with Gasteiger partial charge in [0.15, 0.2) is 0 Å². The van der Waals surface area contributed by atoms with Crippen LogP contribution >= 0.6 is 11.8 Å². The van der Waals surface area contributed by atoms with Crippen molar-refractivity contribution in [2.45, 2.75) is 103 Å². The second-order valence-corrected chi connectivity index (χ2v) is 8.18. The Kier molecular flexibility index (Phi) is 14.3. The smallest absolute Gasteiger partial charge is 0.0202 e. The molecule has 1 aliphatic rings. The van der Waals surface area contributed by atoms with Crippen LogP contribution in [0.15, 0.2) is 0 Å². The van der Waals surface area contributed by atoms with Crippen molar-refractivity contribution in [1.29, 1.82) is 0 Å². The average Bonchev–Trinajstić information content (AvgIpc) is 2.56. The highest BCUT2D eigenvalue weighted by molar-refractivity contribution is 7.99. The molecule has 0 aromatic carbocycles. The largest absolute Gasteiger partial charge is 0.162 e. The molecular weight excluding hydrogens is 284 g/mol. The van der Waals surface area contributed by atoms with Crippen molar-refractivity contribution in [3.8, 4) is 11.8 Å². The molecule has 128 valence electrons. The summed E-state index contributed by atoms with van der Waals surface area (Å²) in [5.74, 6) is 10.3. The van der Waals surface area contributed by atoms with Crippen LogP contribution < -0.4 is 0 Å². The van der Waals surface area contributed by atoms with E-state index in [1.165, 1.54) is 101 Å². The van der Waals surface area contributed by atoms with Crippen molar-refractivity contribution in [2.75, 3.05) is 11.5 Å². The van der Waals surface area contributed by atoms with Crippen LogP contribution in [-0.4, -0.2) is 11.5 Å². The van der Waals surface area contributed by atoms with Crippen LogP contribution in [0.1, 0.15) is 103 Å². The van der Waals surface area contributed by atoms with Crippen molar-refractivity contribution >= 4 is 11.8 Å². The zero-order valence-corrected chi connectivity index (χ0v) is 15.8. The molecule has 1 rings (SSSR count). The van der Waals surface area contributed by atoms with Crippen LogP contribution in [0.4, 0.5) is 0 Å². The highest BCUT2D eigenvalue weighted by atomic mass is 32.2. The summed E-state index contributed by atoms with van der Waals surface area (Å²) in [6, 6.07) is 0. The second-order valence-electron chi connectivity index (χ2n) is 6.78. The van der Waals surface area contributed by atoms with Gasteiger partial charge in [-0.2, -0.15) is 11.8 Å². The van der Waals surface area contributed by atoms with Gasteiger partial charge in [0.25, 0.3) is 0 Å². The van der Waals surface area contributed by atoms with E-state index in [2.05, 4.69) is 30.5 Å². The van der Waals surface area contributed by atoms with E-state index < -0.39 is 0 Å². The molecule has 1 aliphatic carbocycles. The van der Waals surface area contributed by atoms with Crippen molar-refractivity contribution in [3.63, 3.8) is 0 Å². The lowest BCUT2D eigenvalue weighted by Crippen LogP contribution is -2.02. The molecular formula is C21H38S. The molecule has 0 bridgehead atoms. The standard InChI is InChI=1S/C21H38S/c1-2-22-20-16-11-9-7-5-3-4-6-8-10-13-17-21-18-14-12-15-19-21/h21H,2-12,14-16,18-20H2,1H3. The molecule has 1 fully saturated rings. The van der Waals surface area contributed by atoms with E-state index in [4.69, 9.17) is 0 Å². The fourth-order valence-corrected chi connectivity index (χ4v) is 3.96. The molecule has 0 aromatic heterocycles. The molecule has 0 saturated heterocycles. The lowest BCUT2D eigenvalue weighted by Gasteiger charge is -2.15. The van der Waals surface area contributed by atoms with Gasteiger partial charge in [-0.3, -0.25) is 0 Å². The molecule has 0 atom stereocenters. The maximum atomic E-state index is 3.51. The maximum absolute atomic E-state index is 3.51. The molecule has 0 heterocycles. The molecule has 1 heteroatoms. The van der Waals surface area contributed by atoms with Gasteiger partial charge in [-0.15, -0.1) is 5.92 Å². The number of unbranched alkanes of at least 4 members (excludes halogenated alkanes) is 9. The van der Waals surface area contributed by atoms with E-state index in [-0.39, 0.29) is 0 Å². The molecule has 0 spiro atoms. The maximum Gasteiger partial charge on any atom is 0.0202 e. The molecule has 0 N–H and O–H groups in total. The predicted molar refractivity (Wildman–Crippen MR) is 104 cm³/mol. The Bertz CT molecular complexity index is 280. The topological polar surface area (TPSA) is 0 Å². The van der Waals surface area contributed by atoms with E-state index in [1.54, 1.807) is 0 Å². The Hall–Kier alpha value is -0.0900. The van der Waals surface area contributed by atoms with Gasteiger partial charge in [-0.25, -0.2) is 0 Å². The van der Waals surface area contributed by atoms with E-state index >= 15 is 0 Å². The Balaban J connectivity index is 1.75. The fourth-order valence-electron chi connectivity index (χ4n) is 3.26. The van der Waals surface area contributed by atoms with Gasteiger partial charge in [0, 0.05) is 12.3 Å². The van der Waals surface area contributed by atoms with Crippen LogP contribution in [0.5, 0.6) is 0 Å². The normalized spacial score (nSPS) is 15.5. The summed E-state index contributed by atoms with van der Waals surface area (Å²) in [4.78, 5) is 0. The molecule has 0 aliphatic heterocycles. The number of hydrogen-bond donors (Lipinski definition) is 0. The first kappa shape index (κ1) is 20.0. The third-order valence-electron chi connectivity index (χ3n) is 4.71. The van der Waals surface area contributed by atoms with Crippen LogP contribution in [-0.2, 0) is 0 Å². The lowest BCUT2D eigenvalue weighted by molar-refractivity contribution is 0.430. The number of hydrogen-bond acceptors (Lipinski definition) is 1. The van der Waals surface area contributed by atoms with Gasteiger partial charge in [-0.1, -0.05) is 77.1 Å². The minimum absolute atomic E-state index is 0.740. The van der Waals surface area contributed by atoms with Crippen molar-refractivity contribution in [1.82, 2.24) is 0 Å². The summed E-state index contributed by atoms with van der Waals surface area (Å²) in [5, 5.41) is 0. The Morgan fingerprint density at radius 1 is 0.773 bits per heavy atom. The highest BCUT2D eigenvalue weighted by Gasteiger charge is 2.09. The minimum atomic E-state index is 0.740. The van der Waals surface area contributed by atoms with Crippen LogP contribution in [0.3, 0.4) is 0 Å². The first-order chi connectivity index (χ1) is 10.9. The molecule has 0 radical (unpaired) electrons. The third kappa shape index (κ3) is 12.5. The van der Waals surface area contributed by atoms with E-state index in [1.807, 2.05) is 0 Å². The average molecular weight is 323 g/mol. The molecule has 0 nitrogen and oxygen atoms in total. The lowest BCUT2D eigenvalue weighted by atomic mass is 9.90. The Labute approximate surface area is 144 Å². The van der Waals surface area contributed by atoms with E-state index in [0.29, 0.717) is 0 Å². The van der Waals surface area contributed by atoms with Crippen molar-refractivity contribution in [2.24, 2.45) is 5.92 Å². The molecule has 0 unspecified atom stereocenters. The van der Waals surface area contributed by atoms with Crippen LogP contribution in [0.25, 0.3) is 0 Å². The molecule has 0 aromatic rings. The van der Waals surface area contributed by atoms with Crippen molar-refractivity contribution in [3.05, 3.63) is 0 Å². The minimum Gasteiger partial charge on any atom is -0.162 e. The van der Waals surface area contributed by atoms with Crippen molar-refractivity contribution < 1.29 is 0 Å². The summed E-state index contributed by atoms with van der Waals surface area (Å²) in [5.41, 5.74) is 0. The summed E-state index contributed by atoms with van der Waals surface area (Å²) >= 11 is 2.09. The monoisotopic (exact) mass is 322 g/mol. The zero-order valence-electron chi connectivity index (χ0n) is 15.0. The van der Waals surface area contributed by atoms with Gasteiger partial charge >= 0.3 is 0 Å². The summed E-state index contributed by atoms with van der Waals surface area (Å²) in [6.45, 7) is 2.26. The molecule has 0 amide bonds. The van der Waals surface area contributed by atoms with Gasteiger partial charge < -0.3 is 0 Å². The second kappa shape index (κ2) is 15.8. The molecule has 1 saturated carbocycles. The van der Waals surface area contributed by atoms with Gasteiger partial charge in [0.05, 0.1) is 0 Å². The number of rotatable bonds is 12. The van der Waals surface area contributed by atoms with E-state index in [9.17, 15) is 0 Å². The summed E-state index contributed by atoms with van der Waals surface area (Å²) in [7, 11) is 0. The predicted octanol–water partition coefficient (Wildman–Crippen LogP) is 7.22.